The highest BCUT2D eigenvalue weighted by atomic mass is 32.1. The van der Waals surface area contributed by atoms with Gasteiger partial charge in [-0.25, -0.2) is 4.98 Å². The first kappa shape index (κ1) is 29.1. The topological polar surface area (TPSA) is 130 Å². The summed E-state index contributed by atoms with van der Waals surface area (Å²) in [6.45, 7) is 15.8. The highest BCUT2D eigenvalue weighted by molar-refractivity contribution is 7.11. The van der Waals surface area contributed by atoms with Crippen molar-refractivity contribution in [1.82, 2.24) is 14.5 Å². The summed E-state index contributed by atoms with van der Waals surface area (Å²) in [5, 5.41) is 21.0. The van der Waals surface area contributed by atoms with E-state index in [9.17, 15) is 20.2 Å². The van der Waals surface area contributed by atoms with Crippen molar-refractivity contribution in [3.05, 3.63) is 66.2 Å². The van der Waals surface area contributed by atoms with E-state index in [0.717, 1.165) is 0 Å². The molecule has 3 aromatic rings. The number of aryl methyl sites for hydroxylation is 5. The second kappa shape index (κ2) is 15.8. The molecule has 3 rings (SSSR count). The van der Waals surface area contributed by atoms with Crippen LogP contribution in [0.15, 0.2) is 29.1 Å². The lowest BCUT2D eigenvalue weighted by Gasteiger charge is -1.82. The third-order valence-electron chi connectivity index (χ3n) is 2.92. The first-order valence-corrected chi connectivity index (χ1v) is 10.2. The fourth-order valence-electron chi connectivity index (χ4n) is 1.65. The minimum Gasteiger partial charge on any atom is -0.406 e. The van der Waals surface area contributed by atoms with E-state index < -0.39 is 9.85 Å². The van der Waals surface area contributed by atoms with Crippen LogP contribution >= 0.6 is 11.3 Å². The van der Waals surface area contributed by atoms with E-state index >= 15 is 0 Å². The van der Waals surface area contributed by atoms with Crippen LogP contribution in [0, 0.1) is 47.9 Å². The van der Waals surface area contributed by atoms with Crippen molar-refractivity contribution < 1.29 is 14.3 Å². The standard InChI is InChI=1S/C6H9NS.C5H5NO3.C4H5N3O2.2C2H6/c1-4-5(2)8-6(3)7-4;1-4-2-3-5(9-4)6(7)8;1-6-2-4(5-3-6)7(8)9;2*1-2/h1-3H3;2*2-3H,1H3;2*1-2H3. The summed E-state index contributed by atoms with van der Waals surface area (Å²) in [6, 6.07) is 2.88. The molecule has 10 nitrogen and oxygen atoms in total. The molecule has 0 unspecified atom stereocenters. The molecule has 3 heterocycles. The minimum atomic E-state index is -0.562. The fraction of sp³-hybridized carbons (Fsp3) is 0.474. The molecule has 0 saturated heterocycles. The first-order chi connectivity index (χ1) is 14.1. The van der Waals surface area contributed by atoms with Crippen LogP contribution in [-0.4, -0.2) is 24.4 Å². The number of imidazole rings is 1. The van der Waals surface area contributed by atoms with Crippen LogP contribution in [0.4, 0.5) is 11.7 Å². The molecule has 0 aliphatic rings. The molecule has 168 valence electrons. The lowest BCUT2D eigenvalue weighted by molar-refractivity contribution is -0.402. The number of rotatable bonds is 2. The van der Waals surface area contributed by atoms with E-state index in [0.29, 0.717) is 5.76 Å². The van der Waals surface area contributed by atoms with Gasteiger partial charge in [0.15, 0.2) is 0 Å². The van der Waals surface area contributed by atoms with Crippen LogP contribution in [0.5, 0.6) is 0 Å². The Labute approximate surface area is 180 Å². The normalized spacial score (nSPS) is 8.70. The molecular weight excluding hydrogens is 410 g/mol. The largest absolute Gasteiger partial charge is 0.433 e. The van der Waals surface area contributed by atoms with Crippen molar-refractivity contribution in [1.29, 1.82) is 0 Å². The number of nitrogens with zero attached hydrogens (tertiary/aromatic N) is 5. The Balaban J connectivity index is 0. The zero-order valence-corrected chi connectivity index (χ0v) is 19.8. The maximum Gasteiger partial charge on any atom is 0.433 e. The number of aromatic nitrogens is 3. The van der Waals surface area contributed by atoms with E-state index in [4.69, 9.17) is 0 Å². The van der Waals surface area contributed by atoms with Crippen LogP contribution in [0.2, 0.25) is 0 Å². The summed E-state index contributed by atoms with van der Waals surface area (Å²) in [5.41, 5.74) is 1.17. The third-order valence-corrected chi connectivity index (χ3v) is 3.91. The van der Waals surface area contributed by atoms with E-state index in [1.807, 2.05) is 41.5 Å². The summed E-state index contributed by atoms with van der Waals surface area (Å²) in [6.07, 6.45) is 2.73. The van der Waals surface area contributed by atoms with E-state index in [1.54, 1.807) is 31.4 Å². The van der Waals surface area contributed by atoms with E-state index in [2.05, 4.69) is 21.3 Å². The lowest BCUT2D eigenvalue weighted by Crippen LogP contribution is -1.86. The molecule has 0 aliphatic heterocycles. The molecule has 0 amide bonds. The fourth-order valence-corrected chi connectivity index (χ4v) is 2.47. The number of hydrogen-bond acceptors (Lipinski definition) is 8. The highest BCUT2D eigenvalue weighted by Crippen LogP contribution is 2.14. The molecular formula is C19H31N5O5S. The van der Waals surface area contributed by atoms with Gasteiger partial charge < -0.3 is 19.1 Å². The van der Waals surface area contributed by atoms with Gasteiger partial charge in [-0.3, -0.25) is 10.1 Å². The predicted molar refractivity (Wildman–Crippen MR) is 119 cm³/mol. The zero-order chi connectivity index (χ0) is 23.9. The van der Waals surface area contributed by atoms with Crippen LogP contribution in [0.3, 0.4) is 0 Å². The van der Waals surface area contributed by atoms with Crippen LogP contribution in [0.1, 0.15) is 49.0 Å². The second-order valence-corrected chi connectivity index (χ2v) is 6.58. The Morgan fingerprint density at radius 3 is 1.73 bits per heavy atom. The summed E-state index contributed by atoms with van der Waals surface area (Å²) in [7, 11) is 1.68. The highest BCUT2D eigenvalue weighted by Gasteiger charge is 2.08. The molecule has 0 radical (unpaired) electrons. The minimum absolute atomic E-state index is 0.113. The van der Waals surface area contributed by atoms with Crippen molar-refractivity contribution >= 4 is 23.0 Å². The molecule has 0 saturated carbocycles. The molecule has 0 bridgehead atoms. The Morgan fingerprint density at radius 1 is 1.00 bits per heavy atom. The Hall–Kier alpha value is -3.08. The van der Waals surface area contributed by atoms with Gasteiger partial charge in [-0.15, -0.1) is 11.3 Å². The summed E-state index contributed by atoms with van der Waals surface area (Å²) in [5.74, 6) is 0.242. The van der Waals surface area contributed by atoms with Crippen molar-refractivity contribution in [3.8, 4) is 0 Å². The monoisotopic (exact) mass is 441 g/mol. The summed E-state index contributed by atoms with van der Waals surface area (Å²) >= 11 is 1.76. The third kappa shape index (κ3) is 11.7. The van der Waals surface area contributed by atoms with Crippen LogP contribution < -0.4 is 0 Å². The summed E-state index contributed by atoms with van der Waals surface area (Å²) in [4.78, 5) is 27.8. The maximum atomic E-state index is 9.94. The average Bonchev–Trinajstić information content (AvgIpc) is 3.41. The van der Waals surface area contributed by atoms with E-state index in [-0.39, 0.29) is 11.7 Å². The van der Waals surface area contributed by atoms with Gasteiger partial charge in [-0.1, -0.05) is 27.7 Å². The van der Waals surface area contributed by atoms with Gasteiger partial charge in [0.25, 0.3) is 0 Å². The van der Waals surface area contributed by atoms with Gasteiger partial charge >= 0.3 is 11.7 Å². The Kier molecular flexibility index (Phi) is 15.3. The number of furan rings is 1. The smallest absolute Gasteiger partial charge is 0.406 e. The Bertz CT molecular complexity index is 816. The number of thiazole rings is 1. The van der Waals surface area contributed by atoms with Gasteiger partial charge in [-0.05, 0) is 43.7 Å². The van der Waals surface area contributed by atoms with Crippen LogP contribution in [-0.2, 0) is 7.05 Å². The Morgan fingerprint density at radius 2 is 1.57 bits per heavy atom. The molecule has 0 aliphatic carbocycles. The second-order valence-electron chi connectivity index (χ2n) is 5.17. The van der Waals surface area contributed by atoms with Crippen LogP contribution in [0.25, 0.3) is 0 Å². The van der Waals surface area contributed by atoms with Crippen molar-refractivity contribution in [2.75, 3.05) is 0 Å². The maximum absolute atomic E-state index is 9.94. The van der Waals surface area contributed by atoms with Gasteiger partial charge in [0.2, 0.25) is 6.33 Å². The molecule has 30 heavy (non-hydrogen) atoms. The average molecular weight is 442 g/mol. The van der Waals surface area contributed by atoms with Gasteiger partial charge in [0.05, 0.1) is 16.8 Å². The van der Waals surface area contributed by atoms with Gasteiger partial charge in [0.1, 0.15) is 16.9 Å². The van der Waals surface area contributed by atoms with Gasteiger partial charge in [0, 0.05) is 11.9 Å². The van der Waals surface area contributed by atoms with Crippen molar-refractivity contribution in [3.63, 3.8) is 0 Å². The predicted octanol–water partition coefficient (Wildman–Crippen LogP) is 5.95. The van der Waals surface area contributed by atoms with E-state index in [1.165, 1.54) is 38.7 Å². The molecule has 0 fully saturated rings. The molecule has 11 heteroatoms. The SMILES string of the molecule is CC.CC.Cc1ccc([N+](=O)[O-])o1.Cc1nc(C)c(C)s1.Cn1cnc([N+](=O)[O-])c1. The van der Waals surface area contributed by atoms with Crippen molar-refractivity contribution in [2.45, 2.75) is 55.4 Å². The molecule has 3 aromatic heterocycles. The number of nitro groups is 2. The first-order valence-electron chi connectivity index (χ1n) is 9.34. The zero-order valence-electron chi connectivity index (χ0n) is 19.0. The molecule has 0 aromatic carbocycles. The van der Waals surface area contributed by atoms with Crippen molar-refractivity contribution in [2.24, 2.45) is 7.05 Å². The number of hydrogen-bond donors (Lipinski definition) is 0. The molecule has 0 N–H and O–H groups in total. The van der Waals surface area contributed by atoms with Gasteiger partial charge in [-0.2, -0.15) is 0 Å². The summed E-state index contributed by atoms with van der Waals surface area (Å²) < 4.78 is 6.17. The quantitative estimate of drug-likeness (QED) is 0.355. The molecule has 0 atom stereocenters. The lowest BCUT2D eigenvalue weighted by atomic mass is 10.4. The molecule has 0 spiro atoms.